The van der Waals surface area contributed by atoms with E-state index in [1.54, 1.807) is 4.68 Å². The lowest BCUT2D eigenvalue weighted by atomic mass is 10.0. The molecule has 0 aliphatic heterocycles. The first-order chi connectivity index (χ1) is 11.2. The predicted molar refractivity (Wildman–Crippen MR) is 89.9 cm³/mol. The quantitative estimate of drug-likeness (QED) is 0.805. The van der Waals surface area contributed by atoms with Crippen molar-refractivity contribution in [3.8, 4) is 0 Å². The Balaban J connectivity index is 1.42. The number of aromatic nitrogens is 2. The Bertz CT molecular complexity index is 862. The fourth-order valence-electron chi connectivity index (χ4n) is 3.24. The third-order valence-electron chi connectivity index (χ3n) is 4.61. The molecule has 0 unspecified atom stereocenters. The molecule has 23 heavy (non-hydrogen) atoms. The molecule has 4 rings (SSSR count). The van der Waals surface area contributed by atoms with Gasteiger partial charge >= 0.3 is 0 Å². The van der Waals surface area contributed by atoms with Gasteiger partial charge < -0.3 is 5.32 Å². The van der Waals surface area contributed by atoms with Crippen molar-refractivity contribution in [2.24, 2.45) is 13.0 Å². The second-order valence-electron chi connectivity index (χ2n) is 6.25. The van der Waals surface area contributed by atoms with Crippen LogP contribution in [0.25, 0.3) is 10.8 Å². The van der Waals surface area contributed by atoms with Crippen molar-refractivity contribution in [2.75, 3.05) is 0 Å². The maximum Gasteiger partial charge on any atom is 0.224 e. The van der Waals surface area contributed by atoms with Crippen molar-refractivity contribution in [1.82, 2.24) is 15.1 Å². The van der Waals surface area contributed by atoms with Crippen LogP contribution in [0, 0.1) is 5.92 Å². The second-order valence-corrected chi connectivity index (χ2v) is 6.25. The minimum absolute atomic E-state index is 0.0918. The summed E-state index contributed by atoms with van der Waals surface area (Å²) in [6, 6.07) is 14.5. The summed E-state index contributed by atoms with van der Waals surface area (Å²) in [5.41, 5.74) is 2.33. The van der Waals surface area contributed by atoms with Gasteiger partial charge in [0.25, 0.3) is 0 Å². The van der Waals surface area contributed by atoms with Crippen LogP contribution in [-0.4, -0.2) is 15.7 Å². The van der Waals surface area contributed by atoms with E-state index in [1.807, 2.05) is 37.6 Å². The molecule has 1 amide bonds. The summed E-state index contributed by atoms with van der Waals surface area (Å²) in [7, 11) is 1.90. The molecule has 1 saturated carbocycles. The van der Waals surface area contributed by atoms with Crippen LogP contribution >= 0.6 is 0 Å². The lowest BCUT2D eigenvalue weighted by Crippen LogP contribution is -2.24. The van der Waals surface area contributed by atoms with Crippen LogP contribution in [0.3, 0.4) is 0 Å². The van der Waals surface area contributed by atoms with Gasteiger partial charge in [0.2, 0.25) is 5.91 Å². The smallest absolute Gasteiger partial charge is 0.224 e. The van der Waals surface area contributed by atoms with Crippen molar-refractivity contribution in [3.63, 3.8) is 0 Å². The number of carbonyl (C=O) groups is 1. The Hall–Kier alpha value is -2.62. The topological polar surface area (TPSA) is 46.9 Å². The zero-order valence-electron chi connectivity index (χ0n) is 13.1. The van der Waals surface area contributed by atoms with Gasteiger partial charge in [-0.1, -0.05) is 42.5 Å². The van der Waals surface area contributed by atoms with Crippen LogP contribution in [0.1, 0.15) is 23.5 Å². The van der Waals surface area contributed by atoms with Gasteiger partial charge in [-0.2, -0.15) is 5.10 Å². The molecule has 0 spiro atoms. The first-order valence-electron chi connectivity index (χ1n) is 7.95. The molecule has 0 saturated heterocycles. The first-order valence-corrected chi connectivity index (χ1v) is 7.95. The van der Waals surface area contributed by atoms with E-state index >= 15 is 0 Å². The maximum atomic E-state index is 12.4. The predicted octanol–water partition coefficient (Wildman–Crippen LogP) is 2.99. The number of fused-ring (bicyclic) bond motifs is 1. The SMILES string of the molecule is Cn1cc([C@@H]2C[C@H]2C(=O)NCc2cccc3ccccc23)cn1. The zero-order valence-corrected chi connectivity index (χ0v) is 13.1. The largest absolute Gasteiger partial charge is 0.352 e. The van der Waals surface area contributed by atoms with E-state index in [0.717, 1.165) is 17.5 Å². The van der Waals surface area contributed by atoms with Gasteiger partial charge in [0.05, 0.1) is 6.20 Å². The third kappa shape index (κ3) is 2.72. The highest BCUT2D eigenvalue weighted by atomic mass is 16.2. The maximum absolute atomic E-state index is 12.4. The highest BCUT2D eigenvalue weighted by Gasteiger charge is 2.44. The van der Waals surface area contributed by atoms with Crippen LogP contribution in [0.15, 0.2) is 54.9 Å². The van der Waals surface area contributed by atoms with E-state index in [-0.39, 0.29) is 11.8 Å². The Morgan fingerprint density at radius 1 is 1.26 bits per heavy atom. The number of nitrogens with zero attached hydrogens (tertiary/aromatic N) is 2. The molecule has 1 aliphatic carbocycles. The summed E-state index contributed by atoms with van der Waals surface area (Å²) in [5.74, 6) is 0.567. The lowest BCUT2D eigenvalue weighted by molar-refractivity contribution is -0.122. The highest BCUT2D eigenvalue weighted by Crippen LogP contribution is 2.47. The Morgan fingerprint density at radius 3 is 2.91 bits per heavy atom. The molecule has 3 aromatic rings. The number of aryl methyl sites for hydroxylation is 1. The molecule has 4 heteroatoms. The Kier molecular flexibility index (Phi) is 3.37. The summed E-state index contributed by atoms with van der Waals surface area (Å²) in [5, 5.41) is 9.69. The molecule has 1 aromatic heterocycles. The fourth-order valence-corrected chi connectivity index (χ4v) is 3.24. The molecule has 4 nitrogen and oxygen atoms in total. The lowest BCUT2D eigenvalue weighted by Gasteiger charge is -2.08. The third-order valence-corrected chi connectivity index (χ3v) is 4.61. The molecule has 1 heterocycles. The minimum atomic E-state index is 0.0918. The van der Waals surface area contributed by atoms with Gasteiger partial charge in [-0.05, 0) is 34.2 Å². The van der Waals surface area contributed by atoms with E-state index in [9.17, 15) is 4.79 Å². The highest BCUT2D eigenvalue weighted by molar-refractivity contribution is 5.87. The van der Waals surface area contributed by atoms with E-state index in [2.05, 4.69) is 34.7 Å². The average Bonchev–Trinajstić information content (AvgIpc) is 3.27. The van der Waals surface area contributed by atoms with Crippen molar-refractivity contribution in [1.29, 1.82) is 0 Å². The van der Waals surface area contributed by atoms with Gasteiger partial charge in [-0.15, -0.1) is 0 Å². The van der Waals surface area contributed by atoms with Crippen molar-refractivity contribution in [2.45, 2.75) is 18.9 Å². The van der Waals surface area contributed by atoms with Gasteiger partial charge in [0, 0.05) is 25.7 Å². The Labute approximate surface area is 135 Å². The number of hydrogen-bond acceptors (Lipinski definition) is 2. The van der Waals surface area contributed by atoms with Crippen LogP contribution in [0.2, 0.25) is 0 Å². The number of amides is 1. The van der Waals surface area contributed by atoms with E-state index in [1.165, 1.54) is 10.8 Å². The van der Waals surface area contributed by atoms with Crippen LogP contribution in [-0.2, 0) is 18.4 Å². The van der Waals surface area contributed by atoms with Gasteiger partial charge in [0.15, 0.2) is 0 Å². The van der Waals surface area contributed by atoms with Crippen molar-refractivity contribution < 1.29 is 4.79 Å². The van der Waals surface area contributed by atoms with E-state index < -0.39 is 0 Å². The molecule has 0 bridgehead atoms. The molecular weight excluding hydrogens is 286 g/mol. The molecule has 1 aliphatic rings. The van der Waals surface area contributed by atoms with Crippen LogP contribution in [0.4, 0.5) is 0 Å². The van der Waals surface area contributed by atoms with Gasteiger partial charge in [-0.25, -0.2) is 0 Å². The monoisotopic (exact) mass is 305 g/mol. The van der Waals surface area contributed by atoms with E-state index in [4.69, 9.17) is 0 Å². The molecule has 1 N–H and O–H groups in total. The zero-order chi connectivity index (χ0) is 15.8. The van der Waals surface area contributed by atoms with Crippen molar-refractivity contribution >= 4 is 16.7 Å². The summed E-state index contributed by atoms with van der Waals surface area (Å²) in [6.45, 7) is 0.580. The molecular formula is C19H19N3O. The number of nitrogens with one attached hydrogen (secondary N) is 1. The summed E-state index contributed by atoms with van der Waals surface area (Å²) in [6.07, 6.45) is 4.79. The number of rotatable bonds is 4. The normalized spacial score (nSPS) is 19.7. The summed E-state index contributed by atoms with van der Waals surface area (Å²) < 4.78 is 1.79. The molecule has 2 atom stereocenters. The fraction of sp³-hybridized carbons (Fsp3) is 0.263. The van der Waals surface area contributed by atoms with Gasteiger partial charge in [0.1, 0.15) is 0 Å². The second kappa shape index (κ2) is 5.54. The summed E-state index contributed by atoms with van der Waals surface area (Å²) >= 11 is 0. The minimum Gasteiger partial charge on any atom is -0.352 e. The number of hydrogen-bond donors (Lipinski definition) is 1. The number of benzene rings is 2. The van der Waals surface area contributed by atoms with Crippen molar-refractivity contribution in [3.05, 3.63) is 66.0 Å². The summed E-state index contributed by atoms with van der Waals surface area (Å²) in [4.78, 5) is 12.4. The van der Waals surface area contributed by atoms with Crippen LogP contribution < -0.4 is 5.32 Å². The molecule has 0 radical (unpaired) electrons. The first kappa shape index (κ1) is 14.0. The van der Waals surface area contributed by atoms with E-state index in [0.29, 0.717) is 12.5 Å². The average molecular weight is 305 g/mol. The van der Waals surface area contributed by atoms with Gasteiger partial charge in [-0.3, -0.25) is 9.48 Å². The Morgan fingerprint density at radius 2 is 2.09 bits per heavy atom. The standard InChI is InChI=1S/C19H19N3O/c1-22-12-15(11-21-22)17-9-18(17)19(23)20-10-14-7-4-6-13-5-2-3-8-16(13)14/h2-8,11-12,17-18H,9-10H2,1H3,(H,20,23)/t17-,18+/m0/s1. The molecule has 2 aromatic carbocycles. The number of carbonyl (C=O) groups excluding carboxylic acids is 1. The van der Waals surface area contributed by atoms with Crippen LogP contribution in [0.5, 0.6) is 0 Å². The molecule has 116 valence electrons. The molecule has 1 fully saturated rings.